The van der Waals surface area contributed by atoms with Gasteiger partial charge < -0.3 is 10.1 Å². The zero-order chi connectivity index (χ0) is 21.3. The molecule has 2 aromatic heterocycles. The minimum atomic E-state index is -0.582. The summed E-state index contributed by atoms with van der Waals surface area (Å²) in [6.07, 6.45) is 3.13. The molecule has 5 rings (SSSR count). The molecular formula is C25H23N3O2S. The first-order valence-corrected chi connectivity index (χ1v) is 11.3. The Labute approximate surface area is 185 Å². The van der Waals surface area contributed by atoms with E-state index in [1.54, 1.807) is 17.5 Å². The minimum Gasteiger partial charge on any atom is -0.381 e. The summed E-state index contributed by atoms with van der Waals surface area (Å²) in [5.74, 6) is 0.0215. The fourth-order valence-corrected chi connectivity index (χ4v) is 5.24. The number of nitrogens with zero attached hydrogens (tertiary/aromatic N) is 2. The molecule has 1 aliphatic rings. The van der Waals surface area contributed by atoms with Crippen LogP contribution in [0.1, 0.15) is 24.0 Å². The normalized spacial score (nSPS) is 15.6. The number of pyridine rings is 1. The maximum absolute atomic E-state index is 13.6. The van der Waals surface area contributed by atoms with E-state index in [1.807, 2.05) is 67.6 Å². The van der Waals surface area contributed by atoms with Crippen LogP contribution in [0.5, 0.6) is 0 Å². The number of anilines is 1. The number of amides is 1. The van der Waals surface area contributed by atoms with E-state index in [4.69, 9.17) is 9.72 Å². The van der Waals surface area contributed by atoms with Gasteiger partial charge in [0.1, 0.15) is 15.4 Å². The van der Waals surface area contributed by atoms with Crippen LogP contribution in [0.3, 0.4) is 0 Å². The molecule has 5 nitrogen and oxygen atoms in total. The molecule has 31 heavy (non-hydrogen) atoms. The zero-order valence-corrected chi connectivity index (χ0v) is 18.1. The summed E-state index contributed by atoms with van der Waals surface area (Å²) in [5, 5.41) is 4.14. The summed E-state index contributed by atoms with van der Waals surface area (Å²) in [7, 11) is 0. The van der Waals surface area contributed by atoms with Crippen molar-refractivity contribution in [3.8, 4) is 10.6 Å². The van der Waals surface area contributed by atoms with E-state index >= 15 is 0 Å². The molecule has 0 spiro atoms. The van der Waals surface area contributed by atoms with Crippen LogP contribution < -0.4 is 5.32 Å². The maximum atomic E-state index is 13.6. The molecule has 1 aliphatic heterocycles. The lowest BCUT2D eigenvalue weighted by Crippen LogP contribution is -2.44. The fraction of sp³-hybridized carbons (Fsp3) is 0.240. The predicted molar refractivity (Wildman–Crippen MR) is 124 cm³/mol. The predicted octanol–water partition coefficient (Wildman–Crippen LogP) is 5.35. The molecular weight excluding hydrogens is 406 g/mol. The van der Waals surface area contributed by atoms with Crippen molar-refractivity contribution in [3.63, 3.8) is 0 Å². The van der Waals surface area contributed by atoms with Gasteiger partial charge in [-0.3, -0.25) is 4.79 Å². The summed E-state index contributed by atoms with van der Waals surface area (Å²) in [6.45, 7) is 3.20. The Hall–Kier alpha value is -3.09. The van der Waals surface area contributed by atoms with Crippen LogP contribution in [0.4, 0.5) is 5.69 Å². The van der Waals surface area contributed by atoms with Crippen molar-refractivity contribution >= 4 is 33.3 Å². The summed E-state index contributed by atoms with van der Waals surface area (Å²) in [5.41, 5.74) is 4.19. The standard InChI is InChI=1S/C25H23N3O2S/c1-17-19(22-27-21-11-6-14-26-23(21)31-22)9-5-10-20(17)28-24(29)25(12-15-30-16-13-25)18-7-3-2-4-8-18/h2-11,14H,12-13,15-16H2,1H3,(H,28,29). The second-order valence-corrected chi connectivity index (χ2v) is 8.82. The molecule has 1 fully saturated rings. The Morgan fingerprint density at radius 2 is 1.84 bits per heavy atom. The molecule has 1 amide bonds. The minimum absolute atomic E-state index is 0.0215. The number of nitrogens with one attached hydrogen (secondary N) is 1. The van der Waals surface area contributed by atoms with Crippen molar-refractivity contribution in [2.75, 3.05) is 18.5 Å². The third-order valence-corrected chi connectivity index (χ3v) is 7.10. The van der Waals surface area contributed by atoms with Gasteiger partial charge in [-0.2, -0.15) is 0 Å². The van der Waals surface area contributed by atoms with Gasteiger partial charge in [-0.05, 0) is 49.1 Å². The molecule has 1 saturated heterocycles. The molecule has 0 radical (unpaired) electrons. The van der Waals surface area contributed by atoms with Gasteiger partial charge in [-0.25, -0.2) is 9.97 Å². The van der Waals surface area contributed by atoms with E-state index < -0.39 is 5.41 Å². The van der Waals surface area contributed by atoms with Crippen LogP contribution in [0, 0.1) is 6.92 Å². The fourth-order valence-electron chi connectivity index (χ4n) is 4.25. The average molecular weight is 430 g/mol. The van der Waals surface area contributed by atoms with Gasteiger partial charge >= 0.3 is 0 Å². The van der Waals surface area contributed by atoms with Crippen molar-refractivity contribution in [2.24, 2.45) is 0 Å². The van der Waals surface area contributed by atoms with Crippen LogP contribution in [0.15, 0.2) is 66.9 Å². The van der Waals surface area contributed by atoms with Gasteiger partial charge in [0.2, 0.25) is 5.91 Å². The number of hydrogen-bond donors (Lipinski definition) is 1. The molecule has 0 unspecified atom stereocenters. The first-order chi connectivity index (χ1) is 15.2. The Morgan fingerprint density at radius 3 is 2.61 bits per heavy atom. The number of carbonyl (C=O) groups is 1. The van der Waals surface area contributed by atoms with Gasteiger partial charge in [0.25, 0.3) is 0 Å². The number of aromatic nitrogens is 2. The Balaban J connectivity index is 1.49. The van der Waals surface area contributed by atoms with Crippen molar-refractivity contribution in [1.82, 2.24) is 9.97 Å². The van der Waals surface area contributed by atoms with Gasteiger partial charge in [-0.1, -0.05) is 53.8 Å². The van der Waals surface area contributed by atoms with Gasteiger partial charge in [0, 0.05) is 30.7 Å². The summed E-state index contributed by atoms with van der Waals surface area (Å²) in [6, 6.07) is 19.9. The Bertz CT molecular complexity index is 1200. The number of carbonyl (C=O) groups excluding carboxylic acids is 1. The number of hydrogen-bond acceptors (Lipinski definition) is 5. The summed E-state index contributed by atoms with van der Waals surface area (Å²) in [4.78, 5) is 23.7. The quantitative estimate of drug-likeness (QED) is 0.475. The van der Waals surface area contributed by atoms with Crippen LogP contribution >= 0.6 is 11.3 Å². The molecule has 0 aliphatic carbocycles. The number of benzene rings is 2. The van der Waals surface area contributed by atoms with E-state index in [1.165, 1.54) is 0 Å². The second kappa shape index (κ2) is 8.21. The third kappa shape index (κ3) is 3.62. The Morgan fingerprint density at radius 1 is 1.03 bits per heavy atom. The molecule has 156 valence electrons. The van der Waals surface area contributed by atoms with Gasteiger partial charge in [-0.15, -0.1) is 0 Å². The molecule has 0 atom stereocenters. The molecule has 3 heterocycles. The average Bonchev–Trinajstić information content (AvgIpc) is 3.25. The highest BCUT2D eigenvalue weighted by Gasteiger charge is 2.41. The Kier molecular flexibility index (Phi) is 5.26. The summed E-state index contributed by atoms with van der Waals surface area (Å²) >= 11 is 1.56. The van der Waals surface area contributed by atoms with E-state index in [0.29, 0.717) is 26.1 Å². The van der Waals surface area contributed by atoms with Crippen molar-refractivity contribution in [3.05, 3.63) is 78.0 Å². The van der Waals surface area contributed by atoms with Crippen molar-refractivity contribution < 1.29 is 9.53 Å². The zero-order valence-electron chi connectivity index (χ0n) is 17.3. The number of rotatable bonds is 4. The molecule has 6 heteroatoms. The highest BCUT2D eigenvalue weighted by Crippen LogP contribution is 2.38. The maximum Gasteiger partial charge on any atom is 0.235 e. The van der Waals surface area contributed by atoms with E-state index in [2.05, 4.69) is 10.3 Å². The lowest BCUT2D eigenvalue weighted by molar-refractivity contribution is -0.125. The number of fused-ring (bicyclic) bond motifs is 1. The van der Waals surface area contributed by atoms with Crippen molar-refractivity contribution in [2.45, 2.75) is 25.2 Å². The molecule has 1 N–H and O–H groups in total. The first-order valence-electron chi connectivity index (χ1n) is 10.4. The number of thiazole rings is 1. The van der Waals surface area contributed by atoms with Gasteiger partial charge in [0.15, 0.2) is 0 Å². The largest absolute Gasteiger partial charge is 0.381 e. The molecule has 0 saturated carbocycles. The first kappa shape index (κ1) is 19.8. The molecule has 0 bridgehead atoms. The lowest BCUT2D eigenvalue weighted by atomic mass is 9.73. The highest BCUT2D eigenvalue weighted by atomic mass is 32.1. The second-order valence-electron chi connectivity index (χ2n) is 7.84. The molecule has 4 aromatic rings. The van der Waals surface area contributed by atoms with Crippen LogP contribution in [-0.2, 0) is 14.9 Å². The molecule has 2 aromatic carbocycles. The smallest absolute Gasteiger partial charge is 0.235 e. The van der Waals surface area contributed by atoms with Gasteiger partial charge in [0.05, 0.1) is 5.41 Å². The monoisotopic (exact) mass is 429 g/mol. The third-order valence-electron chi connectivity index (χ3n) is 6.09. The highest BCUT2D eigenvalue weighted by molar-refractivity contribution is 7.21. The van der Waals surface area contributed by atoms with Crippen LogP contribution in [0.25, 0.3) is 20.9 Å². The van der Waals surface area contributed by atoms with Crippen LogP contribution in [-0.4, -0.2) is 29.1 Å². The lowest BCUT2D eigenvalue weighted by Gasteiger charge is -2.36. The number of ether oxygens (including phenoxy) is 1. The van der Waals surface area contributed by atoms with E-state index in [9.17, 15) is 4.79 Å². The SMILES string of the molecule is Cc1c(NC(=O)C2(c3ccccc3)CCOCC2)cccc1-c1nc2cccnc2s1. The van der Waals surface area contributed by atoms with E-state index in [0.717, 1.165) is 37.7 Å². The summed E-state index contributed by atoms with van der Waals surface area (Å²) < 4.78 is 5.58. The van der Waals surface area contributed by atoms with Crippen LogP contribution in [0.2, 0.25) is 0 Å². The van der Waals surface area contributed by atoms with E-state index in [-0.39, 0.29) is 5.91 Å². The van der Waals surface area contributed by atoms with Crippen molar-refractivity contribution in [1.29, 1.82) is 0 Å². The topological polar surface area (TPSA) is 64.1 Å².